The van der Waals surface area contributed by atoms with E-state index in [1.807, 2.05) is 6.07 Å². The molecule has 0 spiro atoms. The number of nitrogens with one attached hydrogen (secondary N) is 1. The smallest absolute Gasteiger partial charge is 0.230 e. The van der Waals surface area contributed by atoms with Crippen molar-refractivity contribution in [2.45, 2.75) is 44.6 Å². The van der Waals surface area contributed by atoms with Gasteiger partial charge in [-0.2, -0.15) is 0 Å². The van der Waals surface area contributed by atoms with Gasteiger partial charge in [0.05, 0.1) is 17.9 Å². The summed E-state index contributed by atoms with van der Waals surface area (Å²) >= 11 is 0. The highest BCUT2D eigenvalue weighted by Gasteiger charge is 2.35. The van der Waals surface area contributed by atoms with Gasteiger partial charge in [0.15, 0.2) is 5.78 Å². The summed E-state index contributed by atoms with van der Waals surface area (Å²) in [4.78, 5) is 35.5. The van der Waals surface area contributed by atoms with E-state index in [4.69, 9.17) is 5.73 Å². The molecule has 2 rings (SSSR count). The number of rotatable bonds is 3. The van der Waals surface area contributed by atoms with Crippen LogP contribution >= 0.6 is 0 Å². The monoisotopic (exact) mass is 288 g/mol. The molecule has 1 aliphatic carbocycles. The van der Waals surface area contributed by atoms with Crippen LogP contribution in [0.15, 0.2) is 24.3 Å². The fraction of sp³-hybridized carbons (Fsp3) is 0.438. The first-order valence-corrected chi connectivity index (χ1v) is 7.02. The van der Waals surface area contributed by atoms with Crippen LogP contribution in [0.25, 0.3) is 0 Å². The third-order valence-corrected chi connectivity index (χ3v) is 3.95. The number of nitrogens with two attached hydrogens (primary N) is 1. The van der Waals surface area contributed by atoms with Gasteiger partial charge in [-0.15, -0.1) is 0 Å². The Labute approximate surface area is 123 Å². The van der Waals surface area contributed by atoms with Crippen LogP contribution in [0.4, 0.5) is 5.69 Å². The molecule has 1 amide bonds. The molecule has 0 aromatic heterocycles. The minimum absolute atomic E-state index is 0.0550. The maximum absolute atomic E-state index is 12.5. The Hall–Kier alpha value is -2.17. The first-order chi connectivity index (χ1) is 9.80. The van der Waals surface area contributed by atoms with E-state index in [-0.39, 0.29) is 23.9 Å². The molecule has 3 N–H and O–H groups in total. The first kappa shape index (κ1) is 15.2. The molecule has 112 valence electrons. The largest absolute Gasteiger partial charge is 0.399 e. The molecule has 5 heteroatoms. The van der Waals surface area contributed by atoms with Crippen LogP contribution in [0.2, 0.25) is 0 Å². The van der Waals surface area contributed by atoms with Crippen LogP contribution in [-0.2, 0) is 19.8 Å². The van der Waals surface area contributed by atoms with Crippen molar-refractivity contribution in [3.8, 4) is 0 Å². The van der Waals surface area contributed by atoms with E-state index in [1.165, 1.54) is 0 Å². The molecular weight excluding hydrogens is 268 g/mol. The number of anilines is 1. The van der Waals surface area contributed by atoms with Crippen LogP contribution < -0.4 is 11.1 Å². The van der Waals surface area contributed by atoms with Gasteiger partial charge in [-0.25, -0.2) is 0 Å². The zero-order valence-electron chi connectivity index (χ0n) is 12.3. The summed E-state index contributed by atoms with van der Waals surface area (Å²) in [5.41, 5.74) is 6.34. The van der Waals surface area contributed by atoms with E-state index < -0.39 is 11.5 Å². The van der Waals surface area contributed by atoms with Gasteiger partial charge >= 0.3 is 0 Å². The summed E-state index contributed by atoms with van der Waals surface area (Å²) < 4.78 is 0. The van der Waals surface area contributed by atoms with Crippen molar-refractivity contribution in [2.75, 3.05) is 5.73 Å². The molecule has 1 aliphatic rings. The Morgan fingerprint density at radius 1 is 1.33 bits per heavy atom. The molecule has 1 fully saturated rings. The van der Waals surface area contributed by atoms with Crippen LogP contribution in [0.1, 0.15) is 38.7 Å². The van der Waals surface area contributed by atoms with E-state index in [0.717, 1.165) is 5.56 Å². The van der Waals surface area contributed by atoms with Gasteiger partial charge in [-0.3, -0.25) is 14.4 Å². The molecule has 1 aromatic rings. The number of carbonyl (C=O) groups excluding carboxylic acids is 3. The van der Waals surface area contributed by atoms with Crippen LogP contribution in [-0.4, -0.2) is 23.5 Å². The topological polar surface area (TPSA) is 89.3 Å². The van der Waals surface area contributed by atoms with E-state index in [2.05, 4.69) is 5.32 Å². The molecule has 0 heterocycles. The summed E-state index contributed by atoms with van der Waals surface area (Å²) in [6.45, 7) is 3.57. The van der Waals surface area contributed by atoms with E-state index in [9.17, 15) is 14.4 Å². The molecule has 0 saturated heterocycles. The highest BCUT2D eigenvalue weighted by molar-refractivity contribution is 6.05. The van der Waals surface area contributed by atoms with Gasteiger partial charge in [0.1, 0.15) is 5.78 Å². The van der Waals surface area contributed by atoms with Crippen molar-refractivity contribution in [1.82, 2.24) is 5.32 Å². The van der Waals surface area contributed by atoms with Crippen LogP contribution in [0, 0.1) is 0 Å². The number of amides is 1. The SMILES string of the molecule is CC(C)(C(=O)NC1CCC(=O)CC1=O)c1cccc(N)c1. The summed E-state index contributed by atoms with van der Waals surface area (Å²) in [5, 5.41) is 2.77. The maximum atomic E-state index is 12.5. The van der Waals surface area contributed by atoms with Crippen LogP contribution in [0.5, 0.6) is 0 Å². The molecule has 5 nitrogen and oxygen atoms in total. The van der Waals surface area contributed by atoms with Gasteiger partial charge in [0, 0.05) is 12.1 Å². The zero-order valence-corrected chi connectivity index (χ0v) is 12.3. The summed E-state index contributed by atoms with van der Waals surface area (Å²) in [6, 6.07) is 6.58. The highest BCUT2D eigenvalue weighted by atomic mass is 16.2. The Bertz CT molecular complexity index is 593. The quantitative estimate of drug-likeness (QED) is 0.649. The lowest BCUT2D eigenvalue weighted by molar-refractivity contribution is -0.135. The molecular formula is C16H20N2O3. The first-order valence-electron chi connectivity index (χ1n) is 7.02. The van der Waals surface area contributed by atoms with E-state index in [0.29, 0.717) is 18.5 Å². The number of hydrogen-bond donors (Lipinski definition) is 2. The minimum Gasteiger partial charge on any atom is -0.399 e. The zero-order chi connectivity index (χ0) is 15.6. The van der Waals surface area contributed by atoms with Crippen molar-refractivity contribution in [1.29, 1.82) is 0 Å². The fourth-order valence-corrected chi connectivity index (χ4v) is 2.42. The Morgan fingerprint density at radius 3 is 2.67 bits per heavy atom. The standard InChI is InChI=1S/C16H20N2O3/c1-16(2,10-4-3-5-11(17)8-10)15(21)18-13-7-6-12(19)9-14(13)20/h3-5,8,13H,6-7,9,17H2,1-2H3,(H,18,21). The lowest BCUT2D eigenvalue weighted by Crippen LogP contribution is -2.50. The minimum atomic E-state index is -0.795. The molecule has 1 aromatic carbocycles. The Balaban J connectivity index is 2.12. The van der Waals surface area contributed by atoms with E-state index in [1.54, 1.807) is 32.0 Å². The van der Waals surface area contributed by atoms with E-state index >= 15 is 0 Å². The lowest BCUT2D eigenvalue weighted by Gasteiger charge is -2.28. The van der Waals surface area contributed by atoms with Gasteiger partial charge in [-0.1, -0.05) is 12.1 Å². The van der Waals surface area contributed by atoms with Gasteiger partial charge in [0.25, 0.3) is 0 Å². The molecule has 1 atom stereocenters. The Morgan fingerprint density at radius 2 is 2.05 bits per heavy atom. The van der Waals surface area contributed by atoms with Gasteiger partial charge in [-0.05, 0) is 38.0 Å². The van der Waals surface area contributed by atoms with Crippen molar-refractivity contribution in [3.05, 3.63) is 29.8 Å². The molecule has 0 radical (unpaired) electrons. The average Bonchev–Trinajstić information content (AvgIpc) is 2.41. The highest BCUT2D eigenvalue weighted by Crippen LogP contribution is 2.25. The number of hydrogen-bond acceptors (Lipinski definition) is 4. The molecule has 1 unspecified atom stereocenters. The van der Waals surface area contributed by atoms with Crippen molar-refractivity contribution in [2.24, 2.45) is 0 Å². The van der Waals surface area contributed by atoms with Crippen molar-refractivity contribution < 1.29 is 14.4 Å². The molecule has 0 aliphatic heterocycles. The average molecular weight is 288 g/mol. The van der Waals surface area contributed by atoms with Crippen molar-refractivity contribution in [3.63, 3.8) is 0 Å². The van der Waals surface area contributed by atoms with Crippen molar-refractivity contribution >= 4 is 23.2 Å². The lowest BCUT2D eigenvalue weighted by atomic mass is 9.82. The number of nitrogen functional groups attached to an aromatic ring is 1. The second kappa shape index (κ2) is 5.68. The number of carbonyl (C=O) groups is 3. The number of ketones is 2. The summed E-state index contributed by atoms with van der Waals surface area (Å²) in [6.07, 6.45) is 0.648. The normalized spacial score (nSPS) is 19.4. The number of Topliss-reactive ketones (excluding diaryl/α,β-unsaturated/α-hetero) is 2. The third kappa shape index (κ3) is 3.29. The third-order valence-electron chi connectivity index (χ3n) is 3.95. The summed E-state index contributed by atoms with van der Waals surface area (Å²) in [7, 11) is 0. The number of benzene rings is 1. The molecule has 21 heavy (non-hydrogen) atoms. The fourth-order valence-electron chi connectivity index (χ4n) is 2.42. The van der Waals surface area contributed by atoms with Crippen LogP contribution in [0.3, 0.4) is 0 Å². The Kier molecular flexibility index (Phi) is 4.11. The van der Waals surface area contributed by atoms with Gasteiger partial charge in [0.2, 0.25) is 5.91 Å². The molecule has 0 bridgehead atoms. The second-order valence-electron chi connectivity index (χ2n) is 6.00. The summed E-state index contributed by atoms with van der Waals surface area (Å²) in [5.74, 6) is -0.496. The predicted octanol–water partition coefficient (Wildman–Crippen LogP) is 1.35. The maximum Gasteiger partial charge on any atom is 0.230 e. The second-order valence-corrected chi connectivity index (χ2v) is 6.00. The molecule has 1 saturated carbocycles. The predicted molar refractivity (Wildman–Crippen MR) is 79.7 cm³/mol. The van der Waals surface area contributed by atoms with Gasteiger partial charge < -0.3 is 11.1 Å².